The minimum absolute atomic E-state index is 0.00517. The molecule has 10 nitrogen and oxygen atoms in total. The fourth-order valence-corrected chi connectivity index (χ4v) is 4.03. The molecule has 4 rings (SSSR count). The summed E-state index contributed by atoms with van der Waals surface area (Å²) in [4.78, 5) is 49.5. The lowest BCUT2D eigenvalue weighted by Crippen LogP contribution is -2.34. The van der Waals surface area contributed by atoms with E-state index in [1.54, 1.807) is 12.1 Å². The average Bonchev–Trinajstić information content (AvgIpc) is 2.81. The topological polar surface area (TPSA) is 128 Å². The van der Waals surface area contributed by atoms with Crippen LogP contribution in [0.25, 0.3) is 0 Å². The van der Waals surface area contributed by atoms with Crippen LogP contribution in [0.4, 0.5) is 17.1 Å². The number of esters is 1. The highest BCUT2D eigenvalue weighted by molar-refractivity contribution is 6.02. The first-order chi connectivity index (χ1) is 15.8. The molecule has 1 saturated heterocycles. The monoisotopic (exact) mass is 453 g/mol. The third-order valence-corrected chi connectivity index (χ3v) is 5.67. The van der Waals surface area contributed by atoms with Crippen molar-refractivity contribution in [2.24, 2.45) is 5.92 Å². The van der Waals surface area contributed by atoms with E-state index in [-0.39, 0.29) is 29.3 Å². The van der Waals surface area contributed by atoms with Crippen LogP contribution in [0.15, 0.2) is 36.4 Å². The first kappa shape index (κ1) is 22.3. The molecule has 2 aromatic rings. The zero-order chi connectivity index (χ0) is 23.5. The van der Waals surface area contributed by atoms with Gasteiger partial charge in [-0.2, -0.15) is 0 Å². The summed E-state index contributed by atoms with van der Waals surface area (Å²) in [6.45, 7) is 2.89. The fraction of sp³-hybridized carbons (Fsp3) is 0.348. The summed E-state index contributed by atoms with van der Waals surface area (Å²) >= 11 is 0. The number of Topliss-reactive ketones (excluding diaryl/α,β-unsaturated/α-hetero) is 1. The first-order valence-corrected chi connectivity index (χ1v) is 10.6. The third kappa shape index (κ3) is 4.94. The van der Waals surface area contributed by atoms with Crippen LogP contribution >= 0.6 is 0 Å². The van der Waals surface area contributed by atoms with Gasteiger partial charge in [-0.05, 0) is 49.1 Å². The molecule has 1 atom stereocenters. The van der Waals surface area contributed by atoms with Crippen molar-refractivity contribution in [2.45, 2.75) is 19.8 Å². The lowest BCUT2D eigenvalue weighted by atomic mass is 9.99. The van der Waals surface area contributed by atoms with E-state index in [4.69, 9.17) is 9.47 Å². The van der Waals surface area contributed by atoms with Gasteiger partial charge < -0.3 is 19.7 Å². The van der Waals surface area contributed by atoms with E-state index in [1.165, 1.54) is 24.3 Å². The van der Waals surface area contributed by atoms with E-state index in [1.807, 2.05) is 4.90 Å². The number of nitro groups is 1. The lowest BCUT2D eigenvalue weighted by molar-refractivity contribution is -0.384. The highest BCUT2D eigenvalue weighted by Crippen LogP contribution is 2.33. The summed E-state index contributed by atoms with van der Waals surface area (Å²) in [6, 6.07) is 8.72. The summed E-state index contributed by atoms with van der Waals surface area (Å²) in [5, 5.41) is 14.3. The number of rotatable bonds is 6. The molecule has 2 aliphatic rings. The number of ether oxygens (including phenoxy) is 2. The Morgan fingerprint density at radius 1 is 1.24 bits per heavy atom. The Balaban J connectivity index is 1.44. The van der Waals surface area contributed by atoms with Crippen LogP contribution in [0.1, 0.15) is 40.5 Å². The molecule has 2 aliphatic heterocycles. The molecule has 2 heterocycles. The van der Waals surface area contributed by atoms with Crippen molar-refractivity contribution in [2.75, 3.05) is 36.5 Å². The standard InChI is InChI=1S/C23H23N3O7/c1-14-3-2-8-25(11-14)18-6-4-16(10-19(18)26(30)31)23(29)33-12-20(27)15-5-7-21-17(9-15)24-22(28)13-32-21/h4-7,9-10,14H,2-3,8,11-13H2,1H3,(H,24,28). The van der Waals surface area contributed by atoms with Crippen molar-refractivity contribution in [1.29, 1.82) is 0 Å². The third-order valence-electron chi connectivity index (χ3n) is 5.67. The number of nitro benzene ring substituents is 1. The molecule has 0 radical (unpaired) electrons. The normalized spacial score (nSPS) is 17.4. The Kier molecular flexibility index (Phi) is 6.25. The number of anilines is 2. The second-order valence-electron chi connectivity index (χ2n) is 8.20. The number of benzene rings is 2. The van der Waals surface area contributed by atoms with Gasteiger partial charge in [0.05, 0.1) is 16.2 Å². The minimum atomic E-state index is -0.834. The van der Waals surface area contributed by atoms with Gasteiger partial charge in [0.25, 0.3) is 11.6 Å². The van der Waals surface area contributed by atoms with E-state index in [2.05, 4.69) is 12.2 Å². The second kappa shape index (κ2) is 9.27. The van der Waals surface area contributed by atoms with Crippen molar-refractivity contribution >= 4 is 34.7 Å². The Hall–Kier alpha value is -3.95. The van der Waals surface area contributed by atoms with Gasteiger partial charge in [-0.15, -0.1) is 0 Å². The van der Waals surface area contributed by atoms with Gasteiger partial charge in [-0.25, -0.2) is 4.79 Å². The Morgan fingerprint density at radius 3 is 2.79 bits per heavy atom. The summed E-state index contributed by atoms with van der Waals surface area (Å²) in [5.74, 6) is -0.780. The van der Waals surface area contributed by atoms with E-state index in [9.17, 15) is 24.5 Å². The number of nitrogens with zero attached hydrogens (tertiary/aromatic N) is 2. The molecule has 2 aromatic carbocycles. The van der Waals surface area contributed by atoms with Crippen LogP contribution in [0.2, 0.25) is 0 Å². The number of hydrogen-bond acceptors (Lipinski definition) is 8. The number of ketones is 1. The molecule has 0 bridgehead atoms. The molecule has 1 N–H and O–H groups in total. The van der Waals surface area contributed by atoms with Gasteiger partial charge in [0, 0.05) is 24.7 Å². The van der Waals surface area contributed by atoms with Gasteiger partial charge in [-0.3, -0.25) is 19.7 Å². The maximum absolute atomic E-state index is 12.5. The quantitative estimate of drug-likeness (QED) is 0.306. The predicted octanol–water partition coefficient (Wildman–Crippen LogP) is 3.20. The smallest absolute Gasteiger partial charge is 0.338 e. The lowest BCUT2D eigenvalue weighted by Gasteiger charge is -2.32. The van der Waals surface area contributed by atoms with E-state index < -0.39 is 23.3 Å². The first-order valence-electron chi connectivity index (χ1n) is 10.6. The number of carbonyl (C=O) groups excluding carboxylic acids is 3. The zero-order valence-electron chi connectivity index (χ0n) is 18.0. The van der Waals surface area contributed by atoms with Crippen molar-refractivity contribution in [3.63, 3.8) is 0 Å². The number of nitrogens with one attached hydrogen (secondary N) is 1. The molecule has 0 spiro atoms. The molecule has 1 fully saturated rings. The van der Waals surface area contributed by atoms with Crippen LogP contribution in [0, 0.1) is 16.0 Å². The Bertz CT molecular complexity index is 1130. The van der Waals surface area contributed by atoms with Crippen LogP contribution < -0.4 is 15.0 Å². The van der Waals surface area contributed by atoms with E-state index in [0.717, 1.165) is 19.4 Å². The van der Waals surface area contributed by atoms with Crippen molar-refractivity contribution < 1.29 is 28.8 Å². The summed E-state index contributed by atoms with van der Waals surface area (Å²) in [5.41, 5.74) is 0.886. The van der Waals surface area contributed by atoms with Gasteiger partial charge in [0.2, 0.25) is 0 Å². The zero-order valence-corrected chi connectivity index (χ0v) is 18.0. The van der Waals surface area contributed by atoms with Crippen LogP contribution in [0.3, 0.4) is 0 Å². The maximum atomic E-state index is 12.5. The molecule has 10 heteroatoms. The van der Waals surface area contributed by atoms with Crippen molar-refractivity contribution in [3.8, 4) is 5.75 Å². The number of carbonyl (C=O) groups is 3. The molecule has 0 saturated carbocycles. The molecule has 0 aliphatic carbocycles. The highest BCUT2D eigenvalue weighted by Gasteiger charge is 2.26. The Morgan fingerprint density at radius 2 is 2.03 bits per heavy atom. The average molecular weight is 453 g/mol. The number of fused-ring (bicyclic) bond motifs is 1. The maximum Gasteiger partial charge on any atom is 0.338 e. The predicted molar refractivity (Wildman–Crippen MR) is 119 cm³/mol. The number of piperidine rings is 1. The molecule has 33 heavy (non-hydrogen) atoms. The van der Waals surface area contributed by atoms with Gasteiger partial charge in [0.1, 0.15) is 11.4 Å². The van der Waals surface area contributed by atoms with Crippen LogP contribution in [-0.4, -0.2) is 48.9 Å². The van der Waals surface area contributed by atoms with Crippen LogP contribution in [-0.2, 0) is 9.53 Å². The molecular formula is C23H23N3O7. The summed E-state index contributed by atoms with van der Waals surface area (Å²) in [6.07, 6.45) is 2.02. The van der Waals surface area contributed by atoms with Crippen LogP contribution in [0.5, 0.6) is 5.75 Å². The number of amides is 1. The molecule has 1 unspecified atom stereocenters. The SMILES string of the molecule is CC1CCCN(c2ccc(C(=O)OCC(=O)c3ccc4c(c3)NC(=O)CO4)cc2[N+](=O)[O-])C1. The summed E-state index contributed by atoms with van der Waals surface area (Å²) in [7, 11) is 0. The second-order valence-corrected chi connectivity index (χ2v) is 8.20. The Labute approximate surface area is 189 Å². The number of hydrogen-bond donors (Lipinski definition) is 1. The molecule has 0 aromatic heterocycles. The molecular weight excluding hydrogens is 430 g/mol. The van der Waals surface area contributed by atoms with Crippen molar-refractivity contribution in [1.82, 2.24) is 0 Å². The molecule has 1 amide bonds. The minimum Gasteiger partial charge on any atom is -0.482 e. The van der Waals surface area contributed by atoms with Gasteiger partial charge in [0.15, 0.2) is 19.0 Å². The van der Waals surface area contributed by atoms with E-state index >= 15 is 0 Å². The molecule has 172 valence electrons. The largest absolute Gasteiger partial charge is 0.482 e. The highest BCUT2D eigenvalue weighted by atomic mass is 16.6. The summed E-state index contributed by atoms with van der Waals surface area (Å²) < 4.78 is 10.4. The fourth-order valence-electron chi connectivity index (χ4n) is 4.03. The van der Waals surface area contributed by atoms with Crippen molar-refractivity contribution in [3.05, 3.63) is 57.6 Å². The van der Waals surface area contributed by atoms with E-state index in [0.29, 0.717) is 29.6 Å². The van der Waals surface area contributed by atoms with Gasteiger partial charge in [-0.1, -0.05) is 6.92 Å². The van der Waals surface area contributed by atoms with Gasteiger partial charge >= 0.3 is 5.97 Å².